The molecule has 19 heteroatoms. The summed E-state index contributed by atoms with van der Waals surface area (Å²) in [4.78, 5) is 72.9. The van der Waals surface area contributed by atoms with E-state index in [1.165, 1.54) is 212 Å². The van der Waals surface area contributed by atoms with Crippen LogP contribution in [-0.2, 0) is 65.4 Å². The van der Waals surface area contributed by atoms with Crippen molar-refractivity contribution in [2.24, 2.45) is 11.8 Å². The number of unbranched alkanes of at least 4 members (excludes halogenated alkanes) is 45. The summed E-state index contributed by atoms with van der Waals surface area (Å²) < 4.78 is 68.6. The van der Waals surface area contributed by atoms with Gasteiger partial charge in [-0.25, -0.2) is 9.13 Å². The van der Waals surface area contributed by atoms with Gasteiger partial charge in [0.1, 0.15) is 19.3 Å². The van der Waals surface area contributed by atoms with E-state index in [0.29, 0.717) is 25.7 Å². The molecule has 0 bridgehead atoms. The number of aliphatic hydroxyl groups excluding tert-OH is 1. The van der Waals surface area contributed by atoms with E-state index in [4.69, 9.17) is 37.0 Å². The molecule has 96 heavy (non-hydrogen) atoms. The molecule has 0 fully saturated rings. The quantitative estimate of drug-likeness (QED) is 0.0222. The van der Waals surface area contributed by atoms with Gasteiger partial charge in [-0.15, -0.1) is 0 Å². The van der Waals surface area contributed by atoms with Crippen LogP contribution >= 0.6 is 15.6 Å². The third-order valence-electron chi connectivity index (χ3n) is 18.3. The second kappa shape index (κ2) is 68.8. The summed E-state index contributed by atoms with van der Waals surface area (Å²) in [6.07, 6.45) is 56.8. The maximum absolute atomic E-state index is 13.1. The van der Waals surface area contributed by atoms with E-state index >= 15 is 0 Å². The van der Waals surface area contributed by atoms with E-state index in [9.17, 15) is 43.2 Å². The van der Waals surface area contributed by atoms with Crippen molar-refractivity contribution >= 4 is 39.5 Å². The smallest absolute Gasteiger partial charge is 0.462 e. The minimum atomic E-state index is -4.96. The summed E-state index contributed by atoms with van der Waals surface area (Å²) in [6.45, 7) is 9.58. The molecule has 0 heterocycles. The predicted octanol–water partition coefficient (Wildman–Crippen LogP) is 22.7. The zero-order valence-corrected chi connectivity index (χ0v) is 64.5. The minimum absolute atomic E-state index is 0.107. The number of hydrogen-bond acceptors (Lipinski definition) is 15. The Balaban J connectivity index is 5.25. The first kappa shape index (κ1) is 94.1. The van der Waals surface area contributed by atoms with Crippen LogP contribution < -0.4 is 0 Å². The third-order valence-corrected chi connectivity index (χ3v) is 20.2. The molecular formula is C77H150O17P2. The van der Waals surface area contributed by atoms with Crippen molar-refractivity contribution in [1.82, 2.24) is 0 Å². The SMILES string of the molecule is CCCCCCCCCCCCCCCCCCCCC(=O)O[C@H](COC(=O)CCCCCCCCCCCCCC(C)C)COP(=O)(O)OC[C@@H](O)COP(=O)(O)OC[C@@H](COC(=O)CCCCCCCCC(C)CC)OC(=O)CCCCCCCCCCCCCCCC. The summed E-state index contributed by atoms with van der Waals surface area (Å²) in [5.41, 5.74) is 0. The van der Waals surface area contributed by atoms with Gasteiger partial charge in [0.05, 0.1) is 26.4 Å². The van der Waals surface area contributed by atoms with E-state index in [1.54, 1.807) is 0 Å². The first-order chi connectivity index (χ1) is 46.4. The highest BCUT2D eigenvalue weighted by Gasteiger charge is 2.30. The van der Waals surface area contributed by atoms with Gasteiger partial charge in [-0.2, -0.15) is 0 Å². The van der Waals surface area contributed by atoms with Crippen molar-refractivity contribution in [3.05, 3.63) is 0 Å². The molecule has 0 saturated carbocycles. The number of phosphoric ester groups is 2. The summed E-state index contributed by atoms with van der Waals surface area (Å²) in [5.74, 6) is -0.612. The number of ether oxygens (including phenoxy) is 4. The molecule has 0 aromatic carbocycles. The topological polar surface area (TPSA) is 237 Å². The highest BCUT2D eigenvalue weighted by atomic mass is 31.2. The fourth-order valence-corrected chi connectivity index (χ4v) is 13.4. The van der Waals surface area contributed by atoms with Gasteiger partial charge in [0.2, 0.25) is 0 Å². The molecular weight excluding hydrogens is 1260 g/mol. The third kappa shape index (κ3) is 69.2. The highest BCUT2D eigenvalue weighted by molar-refractivity contribution is 7.47. The lowest BCUT2D eigenvalue weighted by molar-refractivity contribution is -0.161. The summed E-state index contributed by atoms with van der Waals surface area (Å²) in [7, 11) is -9.91. The van der Waals surface area contributed by atoms with E-state index in [-0.39, 0.29) is 25.7 Å². The molecule has 3 N–H and O–H groups in total. The normalized spacial score (nSPS) is 14.3. The van der Waals surface area contributed by atoms with E-state index < -0.39 is 97.5 Å². The largest absolute Gasteiger partial charge is 0.472 e. The first-order valence-electron chi connectivity index (χ1n) is 40.0. The van der Waals surface area contributed by atoms with Gasteiger partial charge in [-0.1, -0.05) is 350 Å². The molecule has 0 aromatic heterocycles. The predicted molar refractivity (Wildman–Crippen MR) is 391 cm³/mol. The molecule has 6 atom stereocenters. The standard InChI is InChI=1S/C77H150O17P2/c1-7-10-12-14-16-18-20-22-24-25-26-27-29-33-38-42-50-56-62-76(81)93-72(65-87-74(79)59-53-47-40-36-34-30-31-35-39-45-51-57-69(4)5)67-91-95(83,84)89-63-71(78)64-90-96(85,86)92-68-73(66-88-75(80)60-54-48-44-43-46-52-58-70(6)9-3)94-77(82)61-55-49-41-37-32-28-23-21-19-17-15-13-11-8-2/h69-73,78H,7-68H2,1-6H3,(H,83,84)(H,85,86)/t70?,71-,72-,73-/m1/s1. The molecule has 0 aliphatic carbocycles. The zero-order valence-electron chi connectivity index (χ0n) is 62.7. The molecule has 0 aromatic rings. The average molecular weight is 1410 g/mol. The van der Waals surface area contributed by atoms with Crippen molar-refractivity contribution in [2.75, 3.05) is 39.6 Å². The van der Waals surface area contributed by atoms with Gasteiger partial charge in [0.25, 0.3) is 0 Å². The molecule has 0 rings (SSSR count). The summed E-state index contributed by atoms with van der Waals surface area (Å²) in [5, 5.41) is 10.6. The number of phosphoric acid groups is 2. The van der Waals surface area contributed by atoms with E-state index in [0.717, 1.165) is 108 Å². The number of carbonyl (C=O) groups is 4. The Morgan fingerprint density at radius 1 is 0.302 bits per heavy atom. The van der Waals surface area contributed by atoms with Crippen molar-refractivity contribution in [2.45, 2.75) is 419 Å². The van der Waals surface area contributed by atoms with Crippen LogP contribution in [0.3, 0.4) is 0 Å². The second-order valence-corrected chi connectivity index (χ2v) is 31.4. The van der Waals surface area contributed by atoms with Crippen LogP contribution in [0.15, 0.2) is 0 Å². The van der Waals surface area contributed by atoms with Crippen LogP contribution in [0.25, 0.3) is 0 Å². The van der Waals surface area contributed by atoms with Crippen LogP contribution in [0, 0.1) is 11.8 Å². The number of aliphatic hydroxyl groups is 1. The van der Waals surface area contributed by atoms with Crippen molar-refractivity contribution in [3.8, 4) is 0 Å². The summed E-state index contributed by atoms with van der Waals surface area (Å²) in [6, 6.07) is 0. The Labute approximate surface area is 588 Å². The van der Waals surface area contributed by atoms with E-state index in [1.807, 2.05) is 0 Å². The number of esters is 4. The Morgan fingerprint density at radius 2 is 0.531 bits per heavy atom. The van der Waals surface area contributed by atoms with Gasteiger partial charge in [0, 0.05) is 25.7 Å². The molecule has 0 aliphatic rings. The minimum Gasteiger partial charge on any atom is -0.462 e. The van der Waals surface area contributed by atoms with Crippen LogP contribution in [0.5, 0.6) is 0 Å². The monoisotopic (exact) mass is 1410 g/mol. The summed E-state index contributed by atoms with van der Waals surface area (Å²) >= 11 is 0. The number of rotatable bonds is 76. The Morgan fingerprint density at radius 3 is 0.792 bits per heavy atom. The molecule has 0 saturated heterocycles. The average Bonchev–Trinajstić information content (AvgIpc) is 1.73. The molecule has 570 valence electrons. The maximum atomic E-state index is 13.1. The van der Waals surface area contributed by atoms with Gasteiger partial charge in [-0.3, -0.25) is 37.3 Å². The van der Waals surface area contributed by atoms with Gasteiger partial charge < -0.3 is 33.8 Å². The molecule has 0 radical (unpaired) electrons. The van der Waals surface area contributed by atoms with Crippen LogP contribution in [0.4, 0.5) is 0 Å². The second-order valence-electron chi connectivity index (χ2n) is 28.5. The molecule has 0 aliphatic heterocycles. The Hall–Kier alpha value is -1.94. The van der Waals surface area contributed by atoms with Crippen molar-refractivity contribution in [1.29, 1.82) is 0 Å². The Kier molecular flexibility index (Phi) is 67.4. The Bertz CT molecular complexity index is 1860. The van der Waals surface area contributed by atoms with E-state index in [2.05, 4.69) is 41.5 Å². The maximum Gasteiger partial charge on any atom is 0.472 e. The lowest BCUT2D eigenvalue weighted by Gasteiger charge is -2.21. The van der Waals surface area contributed by atoms with Gasteiger partial charge in [0.15, 0.2) is 12.2 Å². The molecule has 0 amide bonds. The van der Waals surface area contributed by atoms with Crippen LogP contribution in [0.2, 0.25) is 0 Å². The van der Waals surface area contributed by atoms with Gasteiger partial charge >= 0.3 is 39.5 Å². The molecule has 17 nitrogen and oxygen atoms in total. The lowest BCUT2D eigenvalue weighted by Crippen LogP contribution is -2.30. The number of carbonyl (C=O) groups excluding carboxylic acids is 4. The van der Waals surface area contributed by atoms with Gasteiger partial charge in [-0.05, 0) is 37.5 Å². The molecule has 0 spiro atoms. The van der Waals surface area contributed by atoms with Crippen LogP contribution in [-0.4, -0.2) is 96.7 Å². The molecule has 3 unspecified atom stereocenters. The van der Waals surface area contributed by atoms with Crippen molar-refractivity contribution in [3.63, 3.8) is 0 Å². The number of hydrogen-bond donors (Lipinski definition) is 3. The first-order valence-corrected chi connectivity index (χ1v) is 43.0. The fraction of sp³-hybridized carbons (Fsp3) is 0.948. The zero-order chi connectivity index (χ0) is 70.7. The van der Waals surface area contributed by atoms with Crippen molar-refractivity contribution < 1.29 is 80.2 Å². The lowest BCUT2D eigenvalue weighted by atomic mass is 10.00. The highest BCUT2D eigenvalue weighted by Crippen LogP contribution is 2.45. The van der Waals surface area contributed by atoms with Crippen LogP contribution in [0.1, 0.15) is 401 Å². The fourth-order valence-electron chi connectivity index (χ4n) is 11.8.